The van der Waals surface area contributed by atoms with Gasteiger partial charge in [-0.2, -0.15) is 0 Å². The number of halogens is 2. The van der Waals surface area contributed by atoms with Crippen LogP contribution in [0.2, 0.25) is 10.0 Å². The Balaban J connectivity index is 2.14. The summed E-state index contributed by atoms with van der Waals surface area (Å²) in [5, 5.41) is 7.01. The SMILES string of the molecule is C#CCNC(=S)NC1N=C(c2ccccc2Cl)c2cc(Cl)ccc2N(C)C1=O. The van der Waals surface area contributed by atoms with Crippen molar-refractivity contribution < 1.29 is 4.79 Å². The molecule has 8 heteroatoms. The van der Waals surface area contributed by atoms with Crippen molar-refractivity contribution in [1.82, 2.24) is 10.6 Å². The quantitative estimate of drug-likeness (QED) is 0.579. The van der Waals surface area contributed by atoms with E-state index < -0.39 is 6.17 Å². The number of fused-ring (bicyclic) bond motifs is 1. The van der Waals surface area contributed by atoms with Crippen LogP contribution in [0.25, 0.3) is 0 Å². The number of thiocarbonyl (C=S) groups is 1. The van der Waals surface area contributed by atoms with E-state index in [1.165, 1.54) is 4.90 Å². The molecule has 0 aliphatic carbocycles. The van der Waals surface area contributed by atoms with Crippen molar-refractivity contribution in [2.45, 2.75) is 6.17 Å². The average molecular weight is 431 g/mol. The largest absolute Gasteiger partial charge is 0.352 e. The van der Waals surface area contributed by atoms with Crippen LogP contribution in [0.4, 0.5) is 5.69 Å². The summed E-state index contributed by atoms with van der Waals surface area (Å²) >= 11 is 17.9. The number of benzene rings is 2. The first-order valence-corrected chi connectivity index (χ1v) is 9.47. The second-order valence-electron chi connectivity index (χ2n) is 5.95. The van der Waals surface area contributed by atoms with Crippen LogP contribution in [0, 0.1) is 12.3 Å². The van der Waals surface area contributed by atoms with E-state index >= 15 is 0 Å². The minimum atomic E-state index is -0.958. The van der Waals surface area contributed by atoms with Crippen LogP contribution in [-0.4, -0.2) is 36.5 Å². The molecule has 5 nitrogen and oxygen atoms in total. The Morgan fingerprint density at radius 1 is 1.29 bits per heavy atom. The number of terminal acetylenes is 1. The van der Waals surface area contributed by atoms with Gasteiger partial charge in [-0.3, -0.25) is 4.79 Å². The molecule has 0 fully saturated rings. The summed E-state index contributed by atoms with van der Waals surface area (Å²) < 4.78 is 0. The molecule has 28 heavy (non-hydrogen) atoms. The molecule has 2 N–H and O–H groups in total. The van der Waals surface area contributed by atoms with Crippen molar-refractivity contribution in [2.24, 2.45) is 4.99 Å². The van der Waals surface area contributed by atoms with Crippen molar-refractivity contribution in [3.8, 4) is 12.3 Å². The smallest absolute Gasteiger partial charge is 0.272 e. The maximum atomic E-state index is 13.0. The number of likely N-dealkylation sites (N-methyl/N-ethyl adjacent to an activating group) is 1. The number of carbonyl (C=O) groups is 1. The standard InChI is InChI=1S/C20H16Cl2N4OS/c1-3-10-23-20(28)25-18-19(27)26(2)16-9-8-12(21)11-14(16)17(24-18)13-6-4-5-7-15(13)22/h1,4-9,11,18H,10H2,2H3,(H2,23,25,28). The number of benzodiazepines with no additional fused rings is 1. The highest BCUT2D eigenvalue weighted by Gasteiger charge is 2.31. The number of aliphatic imine (C=N–C) groups is 1. The third kappa shape index (κ3) is 4.12. The van der Waals surface area contributed by atoms with Gasteiger partial charge in [0.25, 0.3) is 5.91 Å². The molecule has 142 valence electrons. The molecule has 1 aliphatic heterocycles. The van der Waals surface area contributed by atoms with Crippen LogP contribution in [0.3, 0.4) is 0 Å². The van der Waals surface area contributed by atoms with Crippen molar-refractivity contribution in [3.63, 3.8) is 0 Å². The molecule has 2 aromatic carbocycles. The van der Waals surface area contributed by atoms with Gasteiger partial charge in [0.2, 0.25) is 6.17 Å². The van der Waals surface area contributed by atoms with Crippen LogP contribution in [0.1, 0.15) is 11.1 Å². The number of hydrogen-bond acceptors (Lipinski definition) is 3. The molecule has 0 radical (unpaired) electrons. The van der Waals surface area contributed by atoms with Crippen LogP contribution in [-0.2, 0) is 4.79 Å². The number of rotatable bonds is 3. The number of nitrogens with one attached hydrogen (secondary N) is 2. The number of hydrogen-bond donors (Lipinski definition) is 2. The van der Waals surface area contributed by atoms with E-state index in [1.807, 2.05) is 18.2 Å². The Morgan fingerprint density at radius 2 is 2.04 bits per heavy atom. The second-order valence-corrected chi connectivity index (χ2v) is 7.20. The summed E-state index contributed by atoms with van der Waals surface area (Å²) in [7, 11) is 1.67. The lowest BCUT2D eigenvalue weighted by Crippen LogP contribution is -2.49. The molecule has 1 atom stereocenters. The molecule has 0 spiro atoms. The highest BCUT2D eigenvalue weighted by atomic mass is 35.5. The van der Waals surface area contributed by atoms with Gasteiger partial charge in [-0.05, 0) is 36.5 Å². The third-order valence-electron chi connectivity index (χ3n) is 4.15. The summed E-state index contributed by atoms with van der Waals surface area (Å²) in [4.78, 5) is 19.2. The zero-order valence-corrected chi connectivity index (χ0v) is 17.2. The first-order valence-electron chi connectivity index (χ1n) is 8.30. The van der Waals surface area contributed by atoms with E-state index in [-0.39, 0.29) is 17.6 Å². The van der Waals surface area contributed by atoms with E-state index in [4.69, 9.17) is 41.8 Å². The summed E-state index contributed by atoms with van der Waals surface area (Å²) in [5.74, 6) is 2.15. The fourth-order valence-electron chi connectivity index (χ4n) is 2.81. The molecule has 1 unspecified atom stereocenters. The molecule has 0 saturated carbocycles. The predicted octanol–water partition coefficient (Wildman–Crippen LogP) is 3.23. The third-order valence-corrected chi connectivity index (χ3v) is 4.97. The van der Waals surface area contributed by atoms with Gasteiger partial charge in [-0.1, -0.05) is 47.3 Å². The van der Waals surface area contributed by atoms with Crippen molar-refractivity contribution in [3.05, 3.63) is 63.6 Å². The molecule has 1 amide bonds. The average Bonchev–Trinajstić information content (AvgIpc) is 2.77. The maximum absolute atomic E-state index is 13.0. The van der Waals surface area contributed by atoms with E-state index in [2.05, 4.69) is 21.5 Å². The molecular formula is C20H16Cl2N4OS. The van der Waals surface area contributed by atoms with Crippen molar-refractivity contribution in [1.29, 1.82) is 0 Å². The van der Waals surface area contributed by atoms with Crippen LogP contribution in [0.15, 0.2) is 47.5 Å². The normalized spacial score (nSPS) is 15.8. The number of nitrogens with zero attached hydrogens (tertiary/aromatic N) is 2. The van der Waals surface area contributed by atoms with Crippen LogP contribution >= 0.6 is 35.4 Å². The Kier molecular flexibility index (Phi) is 6.20. The lowest BCUT2D eigenvalue weighted by atomic mass is 10.00. The van der Waals surface area contributed by atoms with Crippen LogP contribution in [0.5, 0.6) is 0 Å². The molecule has 0 aromatic heterocycles. The number of amides is 1. The van der Waals surface area contributed by atoms with E-state index in [0.717, 1.165) is 0 Å². The summed E-state index contributed by atoms with van der Waals surface area (Å²) in [6.45, 7) is 0.236. The van der Waals surface area contributed by atoms with Crippen LogP contribution < -0.4 is 15.5 Å². The lowest BCUT2D eigenvalue weighted by Gasteiger charge is -2.21. The molecular weight excluding hydrogens is 415 g/mol. The first-order chi connectivity index (χ1) is 13.4. The van der Waals surface area contributed by atoms with E-state index in [9.17, 15) is 4.79 Å². The van der Waals surface area contributed by atoms with Gasteiger partial charge >= 0.3 is 0 Å². The minimum Gasteiger partial charge on any atom is -0.352 e. The van der Waals surface area contributed by atoms with Gasteiger partial charge in [0, 0.05) is 28.2 Å². The van der Waals surface area contributed by atoms with E-state index in [1.54, 1.807) is 31.3 Å². The van der Waals surface area contributed by atoms with Gasteiger partial charge < -0.3 is 15.5 Å². The summed E-state index contributed by atoms with van der Waals surface area (Å²) in [5.41, 5.74) is 2.59. The van der Waals surface area contributed by atoms with Gasteiger partial charge in [0.05, 0.1) is 17.9 Å². The van der Waals surface area contributed by atoms with Crippen molar-refractivity contribution >= 4 is 57.8 Å². The molecule has 2 aromatic rings. The molecule has 0 bridgehead atoms. The highest BCUT2D eigenvalue weighted by molar-refractivity contribution is 7.80. The Morgan fingerprint density at radius 3 is 2.75 bits per heavy atom. The Hall–Kier alpha value is -2.59. The number of carbonyl (C=O) groups excluding carboxylic acids is 1. The maximum Gasteiger partial charge on any atom is 0.272 e. The first kappa shape index (κ1) is 20.2. The summed E-state index contributed by atoms with van der Waals surface area (Å²) in [6.07, 6.45) is 4.28. The topological polar surface area (TPSA) is 56.7 Å². The highest BCUT2D eigenvalue weighted by Crippen LogP contribution is 2.31. The fraction of sp³-hybridized carbons (Fsp3) is 0.150. The zero-order valence-electron chi connectivity index (χ0n) is 14.9. The van der Waals surface area contributed by atoms with Gasteiger partial charge in [0.1, 0.15) is 0 Å². The fourth-order valence-corrected chi connectivity index (χ4v) is 3.40. The van der Waals surface area contributed by atoms with Gasteiger partial charge in [-0.15, -0.1) is 6.42 Å². The second kappa shape index (κ2) is 8.61. The number of anilines is 1. The molecule has 3 rings (SSSR count). The Bertz CT molecular complexity index is 1020. The molecule has 1 heterocycles. The predicted molar refractivity (Wildman–Crippen MR) is 118 cm³/mol. The van der Waals surface area contributed by atoms with E-state index in [0.29, 0.717) is 32.6 Å². The molecule has 0 saturated heterocycles. The van der Waals surface area contributed by atoms with Gasteiger partial charge in [0.15, 0.2) is 5.11 Å². The Labute approximate surface area is 178 Å². The van der Waals surface area contributed by atoms with Gasteiger partial charge in [-0.25, -0.2) is 4.99 Å². The minimum absolute atomic E-state index is 0.232. The summed E-state index contributed by atoms with van der Waals surface area (Å²) in [6, 6.07) is 12.6. The zero-order chi connectivity index (χ0) is 20.3. The monoisotopic (exact) mass is 430 g/mol. The van der Waals surface area contributed by atoms with Crippen molar-refractivity contribution in [2.75, 3.05) is 18.5 Å². The lowest BCUT2D eigenvalue weighted by molar-refractivity contribution is -0.119. The molecule has 1 aliphatic rings.